The average molecular weight is 234 g/mol. The Kier molecular flexibility index (Phi) is 17.2. The summed E-state index contributed by atoms with van der Waals surface area (Å²) in [5.74, 6) is 0. The summed E-state index contributed by atoms with van der Waals surface area (Å²) in [6.07, 6.45) is 2.19. The summed E-state index contributed by atoms with van der Waals surface area (Å²) >= 11 is 4.80. The third-order valence-electron chi connectivity index (χ3n) is 1.10. The molecule has 13 heavy (non-hydrogen) atoms. The van der Waals surface area contributed by atoms with Gasteiger partial charge in [0.05, 0.1) is 0 Å². The molecule has 0 spiro atoms. The van der Waals surface area contributed by atoms with E-state index in [1.165, 1.54) is 0 Å². The maximum atomic E-state index is 5.06. The molecule has 1 heterocycles. The zero-order valence-corrected chi connectivity index (χ0v) is 11.8. The molecule has 0 aliphatic carbocycles. The van der Waals surface area contributed by atoms with Crippen molar-refractivity contribution >= 4 is 48.5 Å². The van der Waals surface area contributed by atoms with Gasteiger partial charge in [-0.1, -0.05) is 0 Å². The Morgan fingerprint density at radius 3 is 1.77 bits per heavy atom. The Balaban J connectivity index is 0. The van der Waals surface area contributed by atoms with E-state index in [1.807, 2.05) is 0 Å². The second-order valence-electron chi connectivity index (χ2n) is 2.17. The Labute approximate surface area is 108 Å². The molecule has 1 radical (unpaired) electrons. The molecule has 4 nitrogen and oxygen atoms in total. The van der Waals surface area contributed by atoms with Crippen LogP contribution in [-0.2, 0) is 20.9 Å². The molecule has 4 N–H and O–H groups in total. The van der Waals surface area contributed by atoms with Crippen LogP contribution in [0.1, 0.15) is 12.8 Å². The molecule has 1 aliphatic rings. The van der Waals surface area contributed by atoms with Crippen LogP contribution in [0.2, 0.25) is 0 Å². The molecule has 1 aliphatic heterocycles. The molecule has 0 saturated carbocycles. The van der Waals surface area contributed by atoms with Crippen molar-refractivity contribution in [3.63, 3.8) is 0 Å². The number of hydrogen-bond donors (Lipinski definition) is 2. The fourth-order valence-electron chi connectivity index (χ4n) is 0.520. The van der Waals surface area contributed by atoms with Crippen LogP contribution in [0.25, 0.3) is 0 Å². The minimum absolute atomic E-state index is 0. The number of hydrogen-bond acceptors (Lipinski definition) is 5. The van der Waals surface area contributed by atoms with Crippen LogP contribution in [0.4, 0.5) is 0 Å². The second-order valence-corrected chi connectivity index (χ2v) is 4.03. The van der Waals surface area contributed by atoms with Crippen LogP contribution in [0.3, 0.4) is 0 Å². The van der Waals surface area contributed by atoms with Crippen molar-refractivity contribution in [3.8, 4) is 0 Å². The van der Waals surface area contributed by atoms with Crippen molar-refractivity contribution in [1.82, 2.24) is 0 Å². The summed E-state index contributed by atoms with van der Waals surface area (Å²) in [5.41, 5.74) is 9.81. The molecule has 1 fully saturated rings. The smallest absolute Gasteiger partial charge is 0.329 e. The minimum Gasteiger partial charge on any atom is -0.329 e. The third-order valence-corrected chi connectivity index (χ3v) is 2.52. The monoisotopic (exact) mass is 234 g/mol. The second kappa shape index (κ2) is 13.4. The Hall–Kier alpha value is 1.36. The van der Waals surface area contributed by atoms with Gasteiger partial charge in [-0.25, -0.2) is 0 Å². The van der Waals surface area contributed by atoms with E-state index in [9.17, 15) is 0 Å². The topological polar surface area (TPSA) is 70.5 Å². The maximum absolute atomic E-state index is 5.06. The van der Waals surface area contributed by atoms with E-state index < -0.39 is 7.15 Å². The van der Waals surface area contributed by atoms with Gasteiger partial charge in [-0.3, -0.25) is 0 Å². The van der Waals surface area contributed by atoms with E-state index in [4.69, 9.17) is 32.3 Å². The number of nitrogens with two attached hydrogens (primary N) is 2. The molecule has 0 atom stereocenters. The molecule has 7 heteroatoms. The van der Waals surface area contributed by atoms with Crippen molar-refractivity contribution in [3.05, 3.63) is 0 Å². The van der Waals surface area contributed by atoms with Crippen molar-refractivity contribution < 1.29 is 9.05 Å². The van der Waals surface area contributed by atoms with Gasteiger partial charge in [-0.15, -0.1) is 9.05 Å². The molecule has 73 valence electrons. The van der Waals surface area contributed by atoms with Crippen LogP contribution < -0.4 is 11.5 Å². The molecule has 0 aromatic rings. The zero-order valence-electron chi connectivity index (χ0n) is 8.07. The molecule has 0 unspecified atom stereocenters. The van der Waals surface area contributed by atoms with Crippen molar-refractivity contribution in [1.29, 1.82) is 0 Å². The van der Waals surface area contributed by atoms with Gasteiger partial charge in [0.15, 0.2) is 0 Å². The van der Waals surface area contributed by atoms with Gasteiger partial charge in [0, 0.05) is 42.6 Å². The fraction of sp³-hybridized carbons (Fsp3) is 1.00. The van der Waals surface area contributed by atoms with E-state index in [2.05, 4.69) is 0 Å². The van der Waals surface area contributed by atoms with Gasteiger partial charge < -0.3 is 11.5 Å². The van der Waals surface area contributed by atoms with Gasteiger partial charge in [-0.05, 0) is 12.8 Å². The van der Waals surface area contributed by atoms with Crippen molar-refractivity contribution in [2.45, 2.75) is 12.8 Å². The predicted molar refractivity (Wildman–Crippen MR) is 59.3 cm³/mol. The summed E-state index contributed by atoms with van der Waals surface area (Å²) in [7, 11) is -0.935. The van der Waals surface area contributed by atoms with Gasteiger partial charge in [0.25, 0.3) is 0 Å². The molecule has 0 amide bonds. The quantitative estimate of drug-likeness (QED) is 0.498. The van der Waals surface area contributed by atoms with E-state index in [0.717, 1.165) is 26.1 Å². The molecule has 0 aromatic carbocycles. The minimum atomic E-state index is -0.935. The first kappa shape index (κ1) is 16.8. The third kappa shape index (κ3) is 13.4. The summed E-state index contributed by atoms with van der Waals surface area (Å²) in [5, 5.41) is 0. The normalized spacial score (nSPS) is 16.3. The largest absolute Gasteiger partial charge is 0.521 e. The van der Waals surface area contributed by atoms with Crippen LogP contribution in [0.15, 0.2) is 0 Å². The van der Waals surface area contributed by atoms with Crippen LogP contribution >= 0.6 is 7.15 Å². The molecule has 1 rings (SSSR count). The van der Waals surface area contributed by atoms with E-state index in [0.29, 0.717) is 13.1 Å². The van der Waals surface area contributed by atoms with Gasteiger partial charge in [0.2, 0.25) is 11.8 Å². The number of rotatable bonds is 1. The zero-order chi connectivity index (χ0) is 9.23. The Morgan fingerprint density at radius 1 is 1.08 bits per heavy atom. The predicted octanol–water partition coefficient (Wildman–Crippen LogP) is 0.110. The summed E-state index contributed by atoms with van der Waals surface area (Å²) in [4.78, 5) is 0. The van der Waals surface area contributed by atoms with Gasteiger partial charge in [-0.2, -0.15) is 0 Å². The fourth-order valence-corrected chi connectivity index (χ4v) is 1.60. The van der Waals surface area contributed by atoms with Crippen molar-refractivity contribution in [2.75, 3.05) is 26.3 Å². The van der Waals surface area contributed by atoms with Crippen LogP contribution in [0, 0.1) is 0 Å². The Bertz CT molecular complexity index is 119. The van der Waals surface area contributed by atoms with Crippen molar-refractivity contribution in [2.24, 2.45) is 11.5 Å². The Morgan fingerprint density at radius 2 is 1.46 bits per heavy atom. The molecule has 1 saturated heterocycles. The van der Waals surface area contributed by atoms with E-state index >= 15 is 0 Å². The first-order valence-electron chi connectivity index (χ1n) is 3.94. The molecular formula is C6H16N2NaO2PS+. The average Bonchev–Trinajstić information content (AvgIpc) is 2.33. The first-order valence-corrected chi connectivity index (χ1v) is 6.13. The van der Waals surface area contributed by atoms with Gasteiger partial charge >= 0.3 is 7.15 Å². The van der Waals surface area contributed by atoms with E-state index in [1.54, 1.807) is 0 Å². The maximum Gasteiger partial charge on any atom is 0.521 e. The SMILES string of the molecule is NCCN.S=[P+]1OCCCCO1.[Na]. The standard InChI is InChI=1S/C4H8O2PS.C2H8N2.Na/c8-7-5-3-1-2-4-6-7;3-1-2-4;/h1-4H2;1-4H2;/q+1;;. The van der Waals surface area contributed by atoms with Crippen LogP contribution in [-0.4, -0.2) is 55.9 Å². The molecule has 0 aromatic heterocycles. The summed E-state index contributed by atoms with van der Waals surface area (Å²) in [6, 6.07) is 0. The van der Waals surface area contributed by atoms with Crippen LogP contribution in [0.5, 0.6) is 0 Å². The molecular weight excluding hydrogens is 218 g/mol. The first-order chi connectivity index (χ1) is 5.81. The van der Waals surface area contributed by atoms with Gasteiger partial charge in [0.1, 0.15) is 13.2 Å². The summed E-state index contributed by atoms with van der Waals surface area (Å²) < 4.78 is 10.1. The molecule has 0 bridgehead atoms. The van der Waals surface area contributed by atoms with E-state index in [-0.39, 0.29) is 29.6 Å². The summed E-state index contributed by atoms with van der Waals surface area (Å²) in [6.45, 7) is 2.77.